The molecule has 0 bridgehead atoms. The number of hydrogen-bond acceptors (Lipinski definition) is 2. The summed E-state index contributed by atoms with van der Waals surface area (Å²) in [7, 11) is 0. The van der Waals surface area contributed by atoms with Crippen molar-refractivity contribution in [2.45, 2.75) is 19.4 Å². The molecule has 0 fully saturated rings. The van der Waals surface area contributed by atoms with Crippen molar-refractivity contribution in [3.63, 3.8) is 0 Å². The Morgan fingerprint density at radius 2 is 2.60 bits per heavy atom. The van der Waals surface area contributed by atoms with E-state index in [4.69, 9.17) is 10.00 Å². The van der Waals surface area contributed by atoms with Gasteiger partial charge in [0, 0.05) is 6.42 Å². The highest BCUT2D eigenvalue weighted by atomic mass is 16.5. The van der Waals surface area contributed by atoms with Gasteiger partial charge in [-0.1, -0.05) is 12.7 Å². The lowest BCUT2D eigenvalue weighted by Crippen LogP contribution is -1.99. The van der Waals surface area contributed by atoms with Gasteiger partial charge in [0.05, 0.1) is 11.6 Å². The summed E-state index contributed by atoms with van der Waals surface area (Å²) in [6.07, 6.45) is 2.43. The van der Waals surface area contributed by atoms with Crippen LogP contribution in [0.1, 0.15) is 13.3 Å². The van der Waals surface area contributed by atoms with Crippen LogP contribution in [0, 0.1) is 11.3 Å². The molecule has 10 heavy (non-hydrogen) atoms. The molecule has 1 heterocycles. The van der Waals surface area contributed by atoms with Crippen molar-refractivity contribution in [1.82, 2.24) is 0 Å². The molecular weight excluding hydrogens is 126 g/mol. The standard InChI is InChI=1S/C8H9NO/c1-3-8-4-7(5-9)6(2)10-8/h3,8H,1,4H2,2H3. The summed E-state index contributed by atoms with van der Waals surface area (Å²) >= 11 is 0. The van der Waals surface area contributed by atoms with Crippen LogP contribution < -0.4 is 0 Å². The van der Waals surface area contributed by atoms with Gasteiger partial charge in [-0.3, -0.25) is 0 Å². The molecule has 1 unspecified atom stereocenters. The average Bonchev–Trinajstić information content (AvgIpc) is 2.30. The van der Waals surface area contributed by atoms with Crippen molar-refractivity contribution < 1.29 is 4.74 Å². The van der Waals surface area contributed by atoms with Gasteiger partial charge in [-0.25, -0.2) is 0 Å². The Hall–Kier alpha value is -1.23. The van der Waals surface area contributed by atoms with Gasteiger partial charge in [-0.2, -0.15) is 5.26 Å². The van der Waals surface area contributed by atoms with Crippen molar-refractivity contribution in [3.05, 3.63) is 24.0 Å². The molecule has 0 saturated heterocycles. The van der Waals surface area contributed by atoms with Crippen LogP contribution in [-0.2, 0) is 4.74 Å². The summed E-state index contributed by atoms with van der Waals surface area (Å²) in [6, 6.07) is 2.08. The predicted octanol–water partition coefficient (Wildman–Crippen LogP) is 1.76. The fourth-order valence-corrected chi connectivity index (χ4v) is 0.941. The number of hydrogen-bond donors (Lipinski definition) is 0. The summed E-state index contributed by atoms with van der Waals surface area (Å²) in [6.45, 7) is 5.39. The number of nitrogens with zero attached hydrogens (tertiary/aromatic N) is 1. The first-order valence-electron chi connectivity index (χ1n) is 3.17. The second kappa shape index (κ2) is 2.57. The zero-order valence-corrected chi connectivity index (χ0v) is 5.92. The Bertz CT molecular complexity index is 222. The van der Waals surface area contributed by atoms with Crippen LogP contribution in [0.2, 0.25) is 0 Å². The van der Waals surface area contributed by atoms with Gasteiger partial charge in [0.15, 0.2) is 0 Å². The third kappa shape index (κ3) is 1.03. The fraction of sp³-hybridized carbons (Fsp3) is 0.375. The van der Waals surface area contributed by atoms with Crippen LogP contribution in [0.3, 0.4) is 0 Å². The molecule has 0 N–H and O–H groups in total. The van der Waals surface area contributed by atoms with Crippen LogP contribution in [0.15, 0.2) is 24.0 Å². The van der Waals surface area contributed by atoms with Crippen LogP contribution in [0.5, 0.6) is 0 Å². The molecule has 0 aromatic carbocycles. The number of nitriles is 1. The Morgan fingerprint density at radius 3 is 2.90 bits per heavy atom. The minimum Gasteiger partial charge on any atom is -0.490 e. The highest BCUT2D eigenvalue weighted by Gasteiger charge is 2.19. The molecule has 52 valence electrons. The molecule has 1 rings (SSSR count). The van der Waals surface area contributed by atoms with E-state index in [1.54, 1.807) is 6.08 Å². The van der Waals surface area contributed by atoms with Gasteiger partial charge in [-0.15, -0.1) is 0 Å². The first-order valence-corrected chi connectivity index (χ1v) is 3.17. The molecule has 0 aromatic heterocycles. The van der Waals surface area contributed by atoms with E-state index in [0.717, 1.165) is 11.3 Å². The number of ether oxygens (including phenoxy) is 1. The van der Waals surface area contributed by atoms with E-state index in [0.29, 0.717) is 6.42 Å². The van der Waals surface area contributed by atoms with Crippen LogP contribution in [0.4, 0.5) is 0 Å². The quantitative estimate of drug-likeness (QED) is 0.513. The minimum absolute atomic E-state index is 0.0228. The van der Waals surface area contributed by atoms with Gasteiger partial charge in [-0.05, 0) is 6.92 Å². The number of allylic oxidation sites excluding steroid dienone is 1. The van der Waals surface area contributed by atoms with E-state index in [2.05, 4.69) is 12.6 Å². The SMILES string of the molecule is C=CC1CC(C#N)=C(C)O1. The molecule has 2 nitrogen and oxygen atoms in total. The summed E-state index contributed by atoms with van der Waals surface area (Å²) in [5.41, 5.74) is 0.741. The highest BCUT2D eigenvalue weighted by Crippen LogP contribution is 2.23. The predicted molar refractivity (Wildman–Crippen MR) is 38.0 cm³/mol. The summed E-state index contributed by atoms with van der Waals surface area (Å²) in [5, 5.41) is 8.53. The van der Waals surface area contributed by atoms with Crippen molar-refractivity contribution in [2.24, 2.45) is 0 Å². The monoisotopic (exact) mass is 135 g/mol. The van der Waals surface area contributed by atoms with Crippen molar-refractivity contribution >= 4 is 0 Å². The average molecular weight is 135 g/mol. The topological polar surface area (TPSA) is 33.0 Å². The molecule has 1 aliphatic rings. The largest absolute Gasteiger partial charge is 0.490 e. The lowest BCUT2D eigenvalue weighted by Gasteiger charge is -2.03. The fourth-order valence-electron chi connectivity index (χ4n) is 0.941. The van der Waals surface area contributed by atoms with E-state index in [-0.39, 0.29) is 6.10 Å². The zero-order chi connectivity index (χ0) is 7.56. The Balaban J connectivity index is 2.70. The molecule has 0 aromatic rings. The van der Waals surface area contributed by atoms with Gasteiger partial charge in [0.2, 0.25) is 0 Å². The van der Waals surface area contributed by atoms with Gasteiger partial charge >= 0.3 is 0 Å². The van der Waals surface area contributed by atoms with E-state index in [1.807, 2.05) is 6.92 Å². The maximum absolute atomic E-state index is 8.53. The highest BCUT2D eigenvalue weighted by molar-refractivity contribution is 5.28. The molecule has 2 heteroatoms. The Labute approximate surface area is 60.4 Å². The van der Waals surface area contributed by atoms with Crippen molar-refractivity contribution in [3.8, 4) is 6.07 Å². The third-order valence-corrected chi connectivity index (χ3v) is 1.56. The van der Waals surface area contributed by atoms with Crippen LogP contribution in [-0.4, -0.2) is 6.10 Å². The molecule has 0 amide bonds. The second-order valence-electron chi connectivity index (χ2n) is 2.24. The Morgan fingerprint density at radius 1 is 1.90 bits per heavy atom. The molecule has 1 aliphatic heterocycles. The summed E-state index contributed by atoms with van der Waals surface area (Å²) in [4.78, 5) is 0. The first kappa shape index (κ1) is 6.88. The van der Waals surface area contributed by atoms with Gasteiger partial charge in [0.25, 0.3) is 0 Å². The summed E-state index contributed by atoms with van der Waals surface area (Å²) in [5.74, 6) is 0.743. The summed E-state index contributed by atoms with van der Waals surface area (Å²) < 4.78 is 5.25. The van der Waals surface area contributed by atoms with Crippen LogP contribution >= 0.6 is 0 Å². The third-order valence-electron chi connectivity index (χ3n) is 1.56. The molecule has 0 radical (unpaired) electrons. The lowest BCUT2D eigenvalue weighted by molar-refractivity contribution is 0.185. The molecule has 0 saturated carbocycles. The maximum atomic E-state index is 8.53. The smallest absolute Gasteiger partial charge is 0.121 e. The minimum atomic E-state index is 0.0228. The maximum Gasteiger partial charge on any atom is 0.121 e. The van der Waals surface area contributed by atoms with E-state index in [9.17, 15) is 0 Å². The molecular formula is C8H9NO. The van der Waals surface area contributed by atoms with E-state index < -0.39 is 0 Å². The molecule has 1 atom stereocenters. The Kier molecular flexibility index (Phi) is 1.77. The second-order valence-corrected chi connectivity index (χ2v) is 2.24. The van der Waals surface area contributed by atoms with E-state index >= 15 is 0 Å². The van der Waals surface area contributed by atoms with E-state index in [1.165, 1.54) is 0 Å². The normalized spacial score (nSPS) is 23.8. The van der Waals surface area contributed by atoms with Gasteiger partial charge < -0.3 is 4.74 Å². The zero-order valence-electron chi connectivity index (χ0n) is 5.92. The van der Waals surface area contributed by atoms with Crippen LogP contribution in [0.25, 0.3) is 0 Å². The van der Waals surface area contributed by atoms with Crippen molar-refractivity contribution in [1.29, 1.82) is 5.26 Å². The first-order chi connectivity index (χ1) is 4.77. The number of rotatable bonds is 1. The van der Waals surface area contributed by atoms with Gasteiger partial charge in [0.1, 0.15) is 11.9 Å². The molecule has 0 aliphatic carbocycles. The van der Waals surface area contributed by atoms with Crippen molar-refractivity contribution in [2.75, 3.05) is 0 Å². The lowest BCUT2D eigenvalue weighted by atomic mass is 10.1. The molecule has 0 spiro atoms.